The van der Waals surface area contributed by atoms with Crippen LogP contribution in [0.2, 0.25) is 0 Å². The normalized spacial score (nSPS) is 17.6. The molecular formula is C32H37N5O7S. The SMILES string of the molecule is Cc1noc(C)c1S(=O)(=O)Nc1ccc2c(c1)C(=O)N([C@@H](C)CO)C[C@H](C)[C@H](CN(C)C(=O)Nc1cccc3ccccc13)O2. The molecule has 238 valence electrons. The van der Waals surface area contributed by atoms with E-state index in [2.05, 4.69) is 15.2 Å². The lowest BCUT2D eigenvalue weighted by Gasteiger charge is -2.38. The number of aryl methyl sites for hydroxylation is 2. The van der Waals surface area contributed by atoms with Crippen LogP contribution in [0.1, 0.15) is 35.7 Å². The van der Waals surface area contributed by atoms with Gasteiger partial charge >= 0.3 is 6.03 Å². The van der Waals surface area contributed by atoms with Crippen LogP contribution < -0.4 is 14.8 Å². The number of rotatable bonds is 8. The molecule has 3 aromatic carbocycles. The molecule has 3 N–H and O–H groups in total. The number of aromatic nitrogens is 1. The highest BCUT2D eigenvalue weighted by Crippen LogP contribution is 2.32. The van der Waals surface area contributed by atoms with Gasteiger partial charge in [-0.15, -0.1) is 0 Å². The summed E-state index contributed by atoms with van der Waals surface area (Å²) in [5.74, 6) is -0.284. The molecule has 3 amide bonds. The lowest BCUT2D eigenvalue weighted by atomic mass is 9.99. The topological polar surface area (TPSA) is 154 Å². The minimum absolute atomic E-state index is 0.0777. The Morgan fingerprint density at radius 2 is 1.89 bits per heavy atom. The molecule has 0 bridgehead atoms. The van der Waals surface area contributed by atoms with Crippen LogP contribution in [0.25, 0.3) is 10.8 Å². The first-order valence-electron chi connectivity index (χ1n) is 14.6. The first-order valence-corrected chi connectivity index (χ1v) is 16.1. The number of urea groups is 1. The third-order valence-corrected chi connectivity index (χ3v) is 9.61. The number of likely N-dealkylation sites (N-methyl/N-ethyl adjacent to an activating group) is 1. The first-order chi connectivity index (χ1) is 21.4. The highest BCUT2D eigenvalue weighted by molar-refractivity contribution is 7.92. The maximum Gasteiger partial charge on any atom is 0.321 e. The van der Waals surface area contributed by atoms with E-state index in [-0.39, 0.29) is 65.0 Å². The van der Waals surface area contributed by atoms with Crippen LogP contribution in [-0.4, -0.2) is 79.3 Å². The van der Waals surface area contributed by atoms with E-state index in [1.807, 2.05) is 49.4 Å². The number of hydrogen-bond donors (Lipinski definition) is 3. The second-order valence-corrected chi connectivity index (χ2v) is 13.0. The highest BCUT2D eigenvalue weighted by Gasteiger charge is 2.34. The molecule has 0 aliphatic carbocycles. The number of hydrogen-bond acceptors (Lipinski definition) is 8. The minimum atomic E-state index is -4.07. The van der Waals surface area contributed by atoms with Gasteiger partial charge in [0, 0.05) is 30.6 Å². The van der Waals surface area contributed by atoms with Crippen LogP contribution in [0.5, 0.6) is 5.75 Å². The fraction of sp³-hybridized carbons (Fsp3) is 0.344. The van der Waals surface area contributed by atoms with Crippen molar-refractivity contribution >= 4 is 44.1 Å². The number of aliphatic hydroxyl groups excluding tert-OH is 1. The van der Waals surface area contributed by atoms with Crippen molar-refractivity contribution in [3.05, 3.63) is 77.7 Å². The highest BCUT2D eigenvalue weighted by atomic mass is 32.2. The molecule has 45 heavy (non-hydrogen) atoms. The van der Waals surface area contributed by atoms with Gasteiger partial charge in [-0.1, -0.05) is 48.5 Å². The van der Waals surface area contributed by atoms with E-state index in [1.54, 1.807) is 18.9 Å². The molecular weight excluding hydrogens is 598 g/mol. The van der Waals surface area contributed by atoms with Gasteiger partial charge < -0.3 is 29.5 Å². The average molecular weight is 636 g/mol. The molecule has 4 aromatic rings. The second-order valence-electron chi connectivity index (χ2n) is 11.4. The molecule has 0 radical (unpaired) electrons. The van der Waals surface area contributed by atoms with Crippen molar-refractivity contribution in [2.24, 2.45) is 5.92 Å². The molecule has 1 aliphatic rings. The summed E-state index contributed by atoms with van der Waals surface area (Å²) in [5.41, 5.74) is 1.15. The van der Waals surface area contributed by atoms with Gasteiger partial charge in [-0.2, -0.15) is 0 Å². The molecule has 13 heteroatoms. The summed E-state index contributed by atoms with van der Waals surface area (Å²) in [6, 6.07) is 17.1. The van der Waals surface area contributed by atoms with Gasteiger partial charge in [0.1, 0.15) is 17.5 Å². The van der Waals surface area contributed by atoms with Crippen LogP contribution in [0.15, 0.2) is 70.1 Å². The molecule has 2 heterocycles. The van der Waals surface area contributed by atoms with Crippen molar-refractivity contribution in [2.75, 3.05) is 36.8 Å². The van der Waals surface area contributed by atoms with Crippen LogP contribution in [0.4, 0.5) is 16.2 Å². The second kappa shape index (κ2) is 12.8. The summed E-state index contributed by atoms with van der Waals surface area (Å²) in [4.78, 5) is 30.1. The van der Waals surface area contributed by atoms with Gasteiger partial charge in [-0.25, -0.2) is 13.2 Å². The molecule has 3 atom stereocenters. The molecule has 1 aromatic heterocycles. The predicted octanol–water partition coefficient (Wildman–Crippen LogP) is 4.63. The van der Waals surface area contributed by atoms with Crippen LogP contribution in [0, 0.1) is 19.8 Å². The zero-order valence-corrected chi connectivity index (χ0v) is 26.6. The van der Waals surface area contributed by atoms with Crippen LogP contribution >= 0.6 is 0 Å². The van der Waals surface area contributed by atoms with Crippen molar-refractivity contribution in [3.8, 4) is 5.75 Å². The summed E-state index contributed by atoms with van der Waals surface area (Å²) >= 11 is 0. The lowest BCUT2D eigenvalue weighted by Crippen LogP contribution is -2.50. The lowest BCUT2D eigenvalue weighted by molar-refractivity contribution is 0.0371. The van der Waals surface area contributed by atoms with E-state index >= 15 is 0 Å². The fourth-order valence-corrected chi connectivity index (χ4v) is 6.85. The van der Waals surface area contributed by atoms with Gasteiger partial charge in [0.25, 0.3) is 15.9 Å². The molecule has 0 fully saturated rings. The fourth-order valence-electron chi connectivity index (χ4n) is 5.47. The Morgan fingerprint density at radius 3 is 2.60 bits per heavy atom. The van der Waals surface area contributed by atoms with Crippen molar-refractivity contribution < 1.29 is 32.4 Å². The number of nitrogens with one attached hydrogen (secondary N) is 2. The number of anilines is 2. The van der Waals surface area contributed by atoms with Gasteiger partial charge in [-0.05, 0) is 50.4 Å². The zero-order valence-electron chi connectivity index (χ0n) is 25.8. The van der Waals surface area contributed by atoms with E-state index in [4.69, 9.17) is 9.26 Å². The smallest absolute Gasteiger partial charge is 0.321 e. The van der Waals surface area contributed by atoms with E-state index in [0.29, 0.717) is 5.69 Å². The number of carbonyl (C=O) groups excluding carboxylic acids is 2. The summed E-state index contributed by atoms with van der Waals surface area (Å²) in [5, 5.41) is 18.6. The number of fused-ring (bicyclic) bond motifs is 2. The molecule has 0 unspecified atom stereocenters. The maximum atomic E-state index is 13.8. The van der Waals surface area contributed by atoms with E-state index in [0.717, 1.165) is 10.8 Å². The Hall–Kier alpha value is -4.62. The molecule has 0 saturated carbocycles. The Bertz CT molecular complexity index is 1820. The van der Waals surface area contributed by atoms with E-state index < -0.39 is 28.1 Å². The number of nitrogens with zero attached hydrogens (tertiary/aromatic N) is 3. The quantitative estimate of drug-likeness (QED) is 0.253. The minimum Gasteiger partial charge on any atom is -0.487 e. The number of aliphatic hydroxyl groups is 1. The number of ether oxygens (including phenoxy) is 1. The van der Waals surface area contributed by atoms with Crippen molar-refractivity contribution in [1.82, 2.24) is 15.0 Å². The van der Waals surface area contributed by atoms with Gasteiger partial charge in [0.2, 0.25) is 0 Å². The largest absolute Gasteiger partial charge is 0.487 e. The van der Waals surface area contributed by atoms with Crippen molar-refractivity contribution in [3.63, 3.8) is 0 Å². The van der Waals surface area contributed by atoms with E-state index in [9.17, 15) is 23.1 Å². The first kappa shape index (κ1) is 31.8. The predicted molar refractivity (Wildman–Crippen MR) is 170 cm³/mol. The summed E-state index contributed by atoms with van der Waals surface area (Å²) in [6.45, 7) is 6.83. The number of sulfonamides is 1. The van der Waals surface area contributed by atoms with E-state index in [1.165, 1.54) is 36.9 Å². The summed E-state index contributed by atoms with van der Waals surface area (Å²) < 4.78 is 40.2. The number of carbonyl (C=O) groups is 2. The summed E-state index contributed by atoms with van der Waals surface area (Å²) in [6.07, 6.45) is -0.543. The van der Waals surface area contributed by atoms with Crippen LogP contribution in [-0.2, 0) is 10.0 Å². The number of benzene rings is 3. The molecule has 0 saturated heterocycles. The van der Waals surface area contributed by atoms with Crippen molar-refractivity contribution in [1.29, 1.82) is 0 Å². The monoisotopic (exact) mass is 635 g/mol. The Balaban J connectivity index is 1.42. The molecule has 12 nitrogen and oxygen atoms in total. The third-order valence-electron chi connectivity index (χ3n) is 7.99. The van der Waals surface area contributed by atoms with Gasteiger partial charge in [0.05, 0.1) is 30.4 Å². The maximum absolute atomic E-state index is 13.8. The Labute approximate surface area is 262 Å². The van der Waals surface area contributed by atoms with Crippen LogP contribution in [0.3, 0.4) is 0 Å². The Kier molecular flexibility index (Phi) is 9.03. The Morgan fingerprint density at radius 1 is 1.16 bits per heavy atom. The molecule has 0 spiro atoms. The average Bonchev–Trinajstić information content (AvgIpc) is 3.37. The van der Waals surface area contributed by atoms with Gasteiger partial charge in [-0.3, -0.25) is 9.52 Å². The van der Waals surface area contributed by atoms with Crippen molar-refractivity contribution in [2.45, 2.75) is 44.7 Å². The van der Waals surface area contributed by atoms with Gasteiger partial charge in [0.15, 0.2) is 10.7 Å². The third kappa shape index (κ3) is 6.59. The standard InChI is InChI=1S/C32H37N5O7S/c1-19-16-37(20(2)18-38)31(39)26-15-24(35-45(41,42)30-21(3)34-44-22(30)4)13-14-28(26)43-29(19)17-36(5)32(40)33-27-12-8-10-23-9-6-7-11-25(23)27/h6-15,19-20,29,35,38H,16-18H2,1-5H3,(H,33,40)/t19-,20-,29-/m0/s1. The molecule has 1 aliphatic heterocycles. The number of amides is 3. The summed E-state index contributed by atoms with van der Waals surface area (Å²) in [7, 11) is -2.41. The molecule has 5 rings (SSSR count). The zero-order chi connectivity index (χ0) is 32.5.